The van der Waals surface area contributed by atoms with Crippen LogP contribution in [0, 0.1) is 11.8 Å². The van der Waals surface area contributed by atoms with E-state index < -0.39 is 35.3 Å². The van der Waals surface area contributed by atoms with Crippen LogP contribution in [0.1, 0.15) is 38.2 Å². The van der Waals surface area contributed by atoms with Gasteiger partial charge in [-0.25, -0.2) is 4.79 Å². The molecule has 7 nitrogen and oxygen atoms in total. The van der Waals surface area contributed by atoms with Crippen LogP contribution in [0.15, 0.2) is 30.3 Å². The van der Waals surface area contributed by atoms with Crippen molar-refractivity contribution in [1.29, 1.82) is 0 Å². The second-order valence-electron chi connectivity index (χ2n) is 7.98. The summed E-state index contributed by atoms with van der Waals surface area (Å²) in [6.07, 6.45) is 3.81. The maximum atomic E-state index is 13.3. The number of carboxylic acids is 2. The summed E-state index contributed by atoms with van der Waals surface area (Å²) in [5.41, 5.74) is -0.797. The van der Waals surface area contributed by atoms with Gasteiger partial charge in [0.2, 0.25) is 0 Å². The molecule has 1 aliphatic heterocycles. The molecule has 3 rings (SSSR count). The minimum absolute atomic E-state index is 0.181. The van der Waals surface area contributed by atoms with Gasteiger partial charge in [-0.1, -0.05) is 43.2 Å². The number of fused-ring (bicyclic) bond motifs is 1. The van der Waals surface area contributed by atoms with Gasteiger partial charge in [0, 0.05) is 0 Å². The molecule has 0 aromatic heterocycles. The summed E-state index contributed by atoms with van der Waals surface area (Å²) >= 11 is 0. The van der Waals surface area contributed by atoms with Crippen molar-refractivity contribution in [2.75, 3.05) is 6.54 Å². The molecule has 7 heteroatoms. The van der Waals surface area contributed by atoms with Crippen molar-refractivity contribution in [2.45, 2.75) is 56.7 Å². The second-order valence-corrected chi connectivity index (χ2v) is 7.98. The van der Waals surface area contributed by atoms with Gasteiger partial charge in [0.05, 0.1) is 6.04 Å². The Morgan fingerprint density at radius 2 is 1.86 bits per heavy atom. The molecular weight excluding hydrogens is 360 g/mol. The molecule has 0 bridgehead atoms. The van der Waals surface area contributed by atoms with Crippen molar-refractivity contribution >= 4 is 17.7 Å². The van der Waals surface area contributed by atoms with E-state index in [-0.39, 0.29) is 18.3 Å². The Hall–Kier alpha value is -2.25. The largest absolute Gasteiger partial charge is 0.480 e. The first-order chi connectivity index (χ1) is 13.4. The Bertz CT molecular complexity index is 738. The van der Waals surface area contributed by atoms with Crippen LogP contribution in [0.25, 0.3) is 0 Å². The van der Waals surface area contributed by atoms with Gasteiger partial charge in [-0.05, 0) is 50.1 Å². The smallest absolute Gasteiger partial charge is 0.332 e. The molecule has 4 N–H and O–H groups in total. The zero-order valence-electron chi connectivity index (χ0n) is 16.1. The Balaban J connectivity index is 1.77. The van der Waals surface area contributed by atoms with Crippen molar-refractivity contribution in [2.24, 2.45) is 11.8 Å². The van der Waals surface area contributed by atoms with Gasteiger partial charge in [0.1, 0.15) is 6.04 Å². The molecule has 28 heavy (non-hydrogen) atoms. The third-order valence-corrected chi connectivity index (χ3v) is 6.26. The molecule has 0 amide bonds. The number of benzene rings is 1. The van der Waals surface area contributed by atoms with E-state index in [1.165, 1.54) is 0 Å². The van der Waals surface area contributed by atoms with Gasteiger partial charge in [-0.3, -0.25) is 20.2 Å². The van der Waals surface area contributed by atoms with Crippen LogP contribution in [-0.4, -0.2) is 52.1 Å². The van der Waals surface area contributed by atoms with Crippen LogP contribution in [0.4, 0.5) is 0 Å². The zero-order valence-corrected chi connectivity index (χ0v) is 16.1. The molecule has 3 unspecified atom stereocenters. The van der Waals surface area contributed by atoms with E-state index in [0.29, 0.717) is 13.0 Å². The molecule has 1 aromatic carbocycles. The first-order valence-electron chi connectivity index (χ1n) is 9.91. The minimum atomic E-state index is -1.63. The van der Waals surface area contributed by atoms with Crippen LogP contribution in [0.3, 0.4) is 0 Å². The first kappa shape index (κ1) is 20.5. The van der Waals surface area contributed by atoms with Crippen LogP contribution < -0.4 is 10.6 Å². The SMILES string of the molecule is C[C@H](NC(Cc1ccccc1)C(=O)O)C(=O)[C@@]1(C(=O)O)NCC2CCCCC21. The number of carbonyl (C=O) groups is 3. The van der Waals surface area contributed by atoms with E-state index in [1.807, 2.05) is 30.3 Å². The van der Waals surface area contributed by atoms with Gasteiger partial charge in [-0.15, -0.1) is 0 Å². The maximum Gasteiger partial charge on any atom is 0.332 e. The molecule has 5 atom stereocenters. The van der Waals surface area contributed by atoms with Gasteiger partial charge < -0.3 is 10.2 Å². The van der Waals surface area contributed by atoms with Gasteiger partial charge >= 0.3 is 11.9 Å². The Labute approximate surface area is 164 Å². The van der Waals surface area contributed by atoms with Crippen molar-refractivity contribution in [3.8, 4) is 0 Å². The number of carbonyl (C=O) groups excluding carboxylic acids is 1. The average Bonchev–Trinajstić information content (AvgIpc) is 3.08. The van der Waals surface area contributed by atoms with Crippen molar-refractivity contribution < 1.29 is 24.6 Å². The van der Waals surface area contributed by atoms with E-state index in [9.17, 15) is 24.6 Å². The Kier molecular flexibility index (Phi) is 6.15. The van der Waals surface area contributed by atoms with Gasteiger partial charge in [-0.2, -0.15) is 0 Å². The lowest BCUT2D eigenvalue weighted by molar-refractivity contribution is -0.153. The topological polar surface area (TPSA) is 116 Å². The highest BCUT2D eigenvalue weighted by molar-refractivity contribution is 6.11. The van der Waals surface area contributed by atoms with E-state index in [4.69, 9.17) is 0 Å². The van der Waals surface area contributed by atoms with Crippen molar-refractivity contribution in [3.05, 3.63) is 35.9 Å². The summed E-state index contributed by atoms with van der Waals surface area (Å²) in [6.45, 7) is 2.08. The quantitative estimate of drug-likeness (QED) is 0.498. The predicted octanol–water partition coefficient (Wildman–Crippen LogP) is 1.46. The lowest BCUT2D eigenvalue weighted by Crippen LogP contribution is -2.64. The summed E-state index contributed by atoms with van der Waals surface area (Å²) < 4.78 is 0. The maximum absolute atomic E-state index is 13.3. The standard InChI is InChI=1S/C21H28N2O5/c1-13(23-17(19(25)26)11-14-7-3-2-4-8-14)18(24)21(20(27)28)16-10-6-5-9-15(16)12-22-21/h2-4,7-8,13,15-17,22-23H,5-6,9-12H2,1H3,(H,25,26)(H,27,28)/t13-,15?,16?,17?,21-/m0/s1. The molecule has 1 aromatic rings. The highest BCUT2D eigenvalue weighted by Gasteiger charge is 2.59. The monoisotopic (exact) mass is 388 g/mol. The van der Waals surface area contributed by atoms with E-state index in [1.54, 1.807) is 6.92 Å². The number of rotatable bonds is 8. The molecule has 2 fully saturated rings. The molecule has 2 aliphatic rings. The van der Waals surface area contributed by atoms with Crippen LogP contribution >= 0.6 is 0 Å². The highest BCUT2D eigenvalue weighted by Crippen LogP contribution is 2.42. The number of carboxylic acid groups (broad SMARTS) is 2. The van der Waals surface area contributed by atoms with Gasteiger partial charge in [0.15, 0.2) is 11.3 Å². The van der Waals surface area contributed by atoms with Crippen LogP contribution in [-0.2, 0) is 20.8 Å². The number of Topliss-reactive ketones (excluding diaryl/α,β-unsaturated/α-hetero) is 1. The van der Waals surface area contributed by atoms with Crippen LogP contribution in [0.5, 0.6) is 0 Å². The fraction of sp³-hybridized carbons (Fsp3) is 0.571. The third-order valence-electron chi connectivity index (χ3n) is 6.26. The van der Waals surface area contributed by atoms with E-state index >= 15 is 0 Å². The number of nitrogens with one attached hydrogen (secondary N) is 2. The summed E-state index contributed by atoms with van der Waals surface area (Å²) in [5.74, 6) is -2.76. The molecule has 152 valence electrons. The number of aliphatic carboxylic acids is 2. The fourth-order valence-corrected chi connectivity index (χ4v) is 4.84. The molecule has 1 aliphatic carbocycles. The number of hydrogen-bond donors (Lipinski definition) is 4. The highest BCUT2D eigenvalue weighted by atomic mass is 16.4. The third kappa shape index (κ3) is 3.82. The first-order valence-corrected chi connectivity index (χ1v) is 9.91. The van der Waals surface area contributed by atoms with E-state index in [0.717, 1.165) is 24.8 Å². The number of hydrogen-bond acceptors (Lipinski definition) is 5. The molecular formula is C21H28N2O5. The van der Waals surface area contributed by atoms with Crippen molar-refractivity contribution in [1.82, 2.24) is 10.6 Å². The number of ketones is 1. The van der Waals surface area contributed by atoms with Crippen molar-refractivity contribution in [3.63, 3.8) is 0 Å². The minimum Gasteiger partial charge on any atom is -0.480 e. The Morgan fingerprint density at radius 1 is 1.18 bits per heavy atom. The average molecular weight is 388 g/mol. The van der Waals surface area contributed by atoms with Gasteiger partial charge in [0.25, 0.3) is 0 Å². The van der Waals surface area contributed by atoms with E-state index in [2.05, 4.69) is 10.6 Å². The normalized spacial score (nSPS) is 28.9. The summed E-state index contributed by atoms with van der Waals surface area (Å²) in [6, 6.07) is 7.29. The summed E-state index contributed by atoms with van der Waals surface area (Å²) in [5, 5.41) is 25.4. The molecule has 1 saturated heterocycles. The lowest BCUT2D eigenvalue weighted by atomic mass is 9.69. The molecule has 0 radical (unpaired) electrons. The molecule has 1 heterocycles. The summed E-state index contributed by atoms with van der Waals surface area (Å²) in [7, 11) is 0. The lowest BCUT2D eigenvalue weighted by Gasteiger charge is -2.36. The fourth-order valence-electron chi connectivity index (χ4n) is 4.84. The Morgan fingerprint density at radius 3 is 2.50 bits per heavy atom. The van der Waals surface area contributed by atoms with Crippen LogP contribution in [0.2, 0.25) is 0 Å². The second kappa shape index (κ2) is 8.41. The summed E-state index contributed by atoms with van der Waals surface area (Å²) in [4.78, 5) is 37.2. The molecule has 1 saturated carbocycles. The zero-order chi connectivity index (χ0) is 20.3. The molecule has 0 spiro atoms. The predicted molar refractivity (Wildman–Crippen MR) is 103 cm³/mol.